The highest BCUT2D eigenvalue weighted by Gasteiger charge is 2.14. The predicted molar refractivity (Wildman–Crippen MR) is 72.3 cm³/mol. The van der Waals surface area contributed by atoms with Gasteiger partial charge < -0.3 is 9.47 Å². The molecular weight excluding hydrogens is 280 g/mol. The summed E-state index contributed by atoms with van der Waals surface area (Å²) in [7, 11) is 1.68. The second-order valence-corrected chi connectivity index (χ2v) is 5.49. The number of hydrogen-bond acceptors (Lipinski definition) is 2. The van der Waals surface area contributed by atoms with Crippen LogP contribution in [0.15, 0.2) is 22.7 Å². The molecule has 0 saturated heterocycles. The fraction of sp³-hybridized carbons (Fsp3) is 0.571. The van der Waals surface area contributed by atoms with Gasteiger partial charge >= 0.3 is 0 Å². The molecule has 2 rings (SSSR count). The largest absolute Gasteiger partial charge is 0.496 e. The summed E-state index contributed by atoms with van der Waals surface area (Å²) in [5.74, 6) is 1.65. The zero-order valence-electron chi connectivity index (χ0n) is 10.2. The maximum Gasteiger partial charge on any atom is 0.133 e. The van der Waals surface area contributed by atoms with Crippen molar-refractivity contribution < 1.29 is 9.47 Å². The summed E-state index contributed by atoms with van der Waals surface area (Å²) in [5.41, 5.74) is 1.19. The summed E-state index contributed by atoms with van der Waals surface area (Å²) in [6.45, 7) is 1.60. The molecule has 1 aliphatic rings. The van der Waals surface area contributed by atoms with Crippen molar-refractivity contribution in [3.05, 3.63) is 28.2 Å². The Hall–Kier alpha value is -0.540. The Balaban J connectivity index is 1.80. The molecule has 0 N–H and O–H groups in total. The second kappa shape index (κ2) is 6.41. The summed E-state index contributed by atoms with van der Waals surface area (Å²) in [5, 5.41) is 0. The quantitative estimate of drug-likeness (QED) is 0.812. The molecule has 0 atom stereocenters. The van der Waals surface area contributed by atoms with Crippen molar-refractivity contribution in [3.8, 4) is 5.75 Å². The Morgan fingerprint density at radius 1 is 1.29 bits per heavy atom. The minimum absolute atomic E-state index is 0.694. The monoisotopic (exact) mass is 298 g/mol. The van der Waals surface area contributed by atoms with Crippen molar-refractivity contribution in [2.75, 3.05) is 13.7 Å². The predicted octanol–water partition coefficient (Wildman–Crippen LogP) is 4.16. The third-order valence-electron chi connectivity index (χ3n) is 3.31. The highest BCUT2D eigenvalue weighted by atomic mass is 79.9. The van der Waals surface area contributed by atoms with Crippen molar-refractivity contribution in [3.63, 3.8) is 0 Å². The Bertz CT molecular complexity index is 359. The summed E-state index contributed by atoms with van der Waals surface area (Å²) in [6.07, 6.45) is 5.43. The SMILES string of the molecule is COc1ccc(COCC2CCCC2)cc1Br. The van der Waals surface area contributed by atoms with E-state index in [0.717, 1.165) is 22.7 Å². The standard InChI is InChI=1S/C14H19BrO2/c1-16-14-7-6-12(8-13(14)15)10-17-9-11-4-2-3-5-11/h6-8,11H,2-5,9-10H2,1H3. The molecule has 0 aliphatic heterocycles. The van der Waals surface area contributed by atoms with Gasteiger partial charge in [0.05, 0.1) is 18.2 Å². The molecule has 0 unspecified atom stereocenters. The molecule has 0 radical (unpaired) electrons. The van der Waals surface area contributed by atoms with E-state index >= 15 is 0 Å². The minimum Gasteiger partial charge on any atom is -0.496 e. The lowest BCUT2D eigenvalue weighted by atomic mass is 10.1. The first kappa shape index (κ1) is 12.9. The lowest BCUT2D eigenvalue weighted by Gasteiger charge is -2.11. The highest BCUT2D eigenvalue weighted by Crippen LogP contribution is 2.27. The molecule has 0 spiro atoms. The Morgan fingerprint density at radius 2 is 2.06 bits per heavy atom. The maximum atomic E-state index is 5.77. The molecule has 1 aromatic carbocycles. The molecule has 1 saturated carbocycles. The van der Waals surface area contributed by atoms with Crippen molar-refractivity contribution in [1.82, 2.24) is 0 Å². The second-order valence-electron chi connectivity index (χ2n) is 4.63. The van der Waals surface area contributed by atoms with E-state index in [-0.39, 0.29) is 0 Å². The average Bonchev–Trinajstić information content (AvgIpc) is 2.82. The van der Waals surface area contributed by atoms with Gasteiger partial charge in [-0.15, -0.1) is 0 Å². The number of benzene rings is 1. The van der Waals surface area contributed by atoms with Gasteiger partial charge in [0, 0.05) is 6.61 Å². The zero-order chi connectivity index (χ0) is 12.1. The van der Waals surface area contributed by atoms with Crippen LogP contribution in [0.2, 0.25) is 0 Å². The van der Waals surface area contributed by atoms with E-state index in [1.165, 1.54) is 31.2 Å². The molecule has 2 nitrogen and oxygen atoms in total. The van der Waals surface area contributed by atoms with Gasteiger partial charge in [0.15, 0.2) is 0 Å². The summed E-state index contributed by atoms with van der Waals surface area (Å²) >= 11 is 3.48. The van der Waals surface area contributed by atoms with Crippen molar-refractivity contribution in [2.24, 2.45) is 5.92 Å². The topological polar surface area (TPSA) is 18.5 Å². The van der Waals surface area contributed by atoms with Crippen molar-refractivity contribution in [2.45, 2.75) is 32.3 Å². The number of methoxy groups -OCH3 is 1. The van der Waals surface area contributed by atoms with Crippen LogP contribution in [0.5, 0.6) is 5.75 Å². The first-order valence-corrected chi connectivity index (χ1v) is 6.99. The third-order valence-corrected chi connectivity index (χ3v) is 3.93. The van der Waals surface area contributed by atoms with Crippen LogP contribution in [-0.2, 0) is 11.3 Å². The molecule has 0 heterocycles. The van der Waals surface area contributed by atoms with E-state index in [1.807, 2.05) is 6.07 Å². The highest BCUT2D eigenvalue weighted by molar-refractivity contribution is 9.10. The first-order valence-electron chi connectivity index (χ1n) is 6.20. The first-order chi connectivity index (χ1) is 8.29. The van der Waals surface area contributed by atoms with Crippen molar-refractivity contribution in [1.29, 1.82) is 0 Å². The third kappa shape index (κ3) is 3.71. The fourth-order valence-electron chi connectivity index (χ4n) is 2.32. The van der Waals surface area contributed by atoms with Gasteiger partial charge in [-0.2, -0.15) is 0 Å². The molecule has 17 heavy (non-hydrogen) atoms. The van der Waals surface area contributed by atoms with Gasteiger partial charge in [-0.05, 0) is 52.4 Å². The number of ether oxygens (including phenoxy) is 2. The molecule has 0 aromatic heterocycles. The maximum absolute atomic E-state index is 5.77. The van der Waals surface area contributed by atoms with Crippen LogP contribution in [0.3, 0.4) is 0 Å². The van der Waals surface area contributed by atoms with Gasteiger partial charge in [-0.25, -0.2) is 0 Å². The van der Waals surface area contributed by atoms with Crippen LogP contribution in [0.1, 0.15) is 31.2 Å². The molecule has 1 aliphatic carbocycles. The summed E-state index contributed by atoms with van der Waals surface area (Å²) in [4.78, 5) is 0. The average molecular weight is 299 g/mol. The van der Waals surface area contributed by atoms with Gasteiger partial charge in [0.1, 0.15) is 5.75 Å². The normalized spacial score (nSPS) is 16.4. The zero-order valence-corrected chi connectivity index (χ0v) is 11.8. The van der Waals surface area contributed by atoms with E-state index in [2.05, 4.69) is 28.1 Å². The van der Waals surface area contributed by atoms with Crippen molar-refractivity contribution >= 4 is 15.9 Å². The minimum atomic E-state index is 0.694. The molecule has 3 heteroatoms. The van der Waals surface area contributed by atoms with Gasteiger partial charge in [0.25, 0.3) is 0 Å². The number of halogens is 1. The van der Waals surface area contributed by atoms with Crippen LogP contribution in [0.4, 0.5) is 0 Å². The van der Waals surface area contributed by atoms with E-state index in [4.69, 9.17) is 9.47 Å². The van der Waals surface area contributed by atoms with Gasteiger partial charge in [-0.1, -0.05) is 18.9 Å². The van der Waals surface area contributed by atoms with Crippen LogP contribution in [0.25, 0.3) is 0 Å². The van der Waals surface area contributed by atoms with Crippen LogP contribution >= 0.6 is 15.9 Å². The Morgan fingerprint density at radius 3 is 2.71 bits per heavy atom. The molecule has 0 bridgehead atoms. The lowest BCUT2D eigenvalue weighted by Crippen LogP contribution is -2.05. The number of hydrogen-bond donors (Lipinski definition) is 0. The van der Waals surface area contributed by atoms with E-state index < -0.39 is 0 Å². The lowest BCUT2D eigenvalue weighted by molar-refractivity contribution is 0.0888. The molecule has 94 valence electrons. The fourth-order valence-corrected chi connectivity index (χ4v) is 2.91. The van der Waals surface area contributed by atoms with E-state index in [0.29, 0.717) is 6.61 Å². The van der Waals surface area contributed by atoms with E-state index in [9.17, 15) is 0 Å². The molecule has 1 aromatic rings. The summed E-state index contributed by atoms with van der Waals surface area (Å²) < 4.78 is 12.0. The smallest absolute Gasteiger partial charge is 0.133 e. The molecular formula is C14H19BrO2. The van der Waals surface area contributed by atoms with Crippen LogP contribution in [0, 0.1) is 5.92 Å². The Labute approximate surface area is 111 Å². The Kier molecular flexibility index (Phi) is 4.86. The van der Waals surface area contributed by atoms with E-state index in [1.54, 1.807) is 7.11 Å². The van der Waals surface area contributed by atoms with Crippen LogP contribution in [-0.4, -0.2) is 13.7 Å². The molecule has 0 amide bonds. The van der Waals surface area contributed by atoms with Crippen LogP contribution < -0.4 is 4.74 Å². The van der Waals surface area contributed by atoms with Gasteiger partial charge in [-0.3, -0.25) is 0 Å². The van der Waals surface area contributed by atoms with Gasteiger partial charge in [0.2, 0.25) is 0 Å². The number of rotatable bonds is 5. The summed E-state index contributed by atoms with van der Waals surface area (Å²) in [6, 6.07) is 6.09. The molecule has 1 fully saturated rings.